The minimum atomic E-state index is -5.81. The number of aliphatic imine (C=N–C) groups is 1. The predicted octanol–water partition coefficient (Wildman–Crippen LogP) is 1.58. The fraction of sp³-hybridized carbons (Fsp3) is 0.353. The fourth-order valence-electron chi connectivity index (χ4n) is 3.02. The Kier molecular flexibility index (Phi) is 5.66. The van der Waals surface area contributed by atoms with Crippen molar-refractivity contribution in [3.05, 3.63) is 29.1 Å². The summed E-state index contributed by atoms with van der Waals surface area (Å²) >= 11 is 0. The van der Waals surface area contributed by atoms with Gasteiger partial charge in [-0.15, -0.1) is 10.2 Å². The van der Waals surface area contributed by atoms with Crippen molar-refractivity contribution in [2.75, 3.05) is 20.6 Å². The van der Waals surface area contributed by atoms with Crippen molar-refractivity contribution in [2.24, 2.45) is 19.6 Å². The van der Waals surface area contributed by atoms with Gasteiger partial charge in [0.1, 0.15) is 23.2 Å². The van der Waals surface area contributed by atoms with Crippen molar-refractivity contribution < 1.29 is 21.6 Å². The second kappa shape index (κ2) is 7.93. The van der Waals surface area contributed by atoms with Gasteiger partial charge in [-0.3, -0.25) is 5.41 Å². The Balaban J connectivity index is 2.13. The number of likely N-dealkylation sites (N-methyl/N-ethyl adjacent to an activating group) is 1. The molecular weight excluding hydrogens is 437 g/mol. The Morgan fingerprint density at radius 1 is 1.23 bits per heavy atom. The SMILES string of the molecule is CN1CCCC2=CC(=N\N=C3/N=C(C#N)C(=C=N)N3C)/C(=N\S(=O)(=O)C(F)(F)F)C=C21. The normalized spacial score (nSPS) is 23.4. The zero-order chi connectivity index (χ0) is 23.0. The number of nitriles is 1. The molecule has 1 fully saturated rings. The van der Waals surface area contributed by atoms with Gasteiger partial charge in [-0.1, -0.05) is 0 Å². The van der Waals surface area contributed by atoms with Gasteiger partial charge in [0.15, 0.2) is 5.71 Å². The summed E-state index contributed by atoms with van der Waals surface area (Å²) < 4.78 is 64.8. The van der Waals surface area contributed by atoms with E-state index in [0.717, 1.165) is 12.0 Å². The Labute approximate surface area is 175 Å². The zero-order valence-corrected chi connectivity index (χ0v) is 17.1. The number of alkyl halides is 3. The van der Waals surface area contributed by atoms with Crippen LogP contribution in [0, 0.1) is 16.7 Å². The van der Waals surface area contributed by atoms with Crippen LogP contribution >= 0.6 is 0 Å². The van der Waals surface area contributed by atoms with Gasteiger partial charge in [0.2, 0.25) is 0 Å². The number of allylic oxidation sites excluding steroid dienone is 4. The molecule has 1 saturated heterocycles. The predicted molar refractivity (Wildman–Crippen MR) is 107 cm³/mol. The zero-order valence-electron chi connectivity index (χ0n) is 16.3. The number of hydrogen-bond acceptors (Lipinski definition) is 7. The molecule has 0 saturated carbocycles. The number of fused-ring (bicyclic) bond motifs is 1. The van der Waals surface area contributed by atoms with E-state index in [9.17, 15) is 21.6 Å². The number of sulfonamides is 1. The first-order valence-corrected chi connectivity index (χ1v) is 10.2. The van der Waals surface area contributed by atoms with Crippen molar-refractivity contribution in [1.82, 2.24) is 9.80 Å². The molecule has 0 bridgehead atoms. The molecule has 3 aliphatic rings. The number of halogens is 3. The molecule has 0 aromatic carbocycles. The topological polar surface area (TPSA) is 138 Å². The molecule has 0 aromatic heterocycles. The van der Waals surface area contributed by atoms with E-state index in [-0.39, 0.29) is 23.1 Å². The lowest BCUT2D eigenvalue weighted by Gasteiger charge is -2.32. The summed E-state index contributed by atoms with van der Waals surface area (Å²) in [7, 11) is -2.64. The number of hydrogen-bond donors (Lipinski definition) is 1. The van der Waals surface area contributed by atoms with Crippen LogP contribution < -0.4 is 0 Å². The van der Waals surface area contributed by atoms with E-state index in [1.165, 1.54) is 24.1 Å². The van der Waals surface area contributed by atoms with Crippen molar-refractivity contribution in [1.29, 1.82) is 10.7 Å². The second-order valence-electron chi connectivity index (χ2n) is 6.61. The standard InChI is InChI=1S/C17H15F3N8O2S/c1-27-5-3-4-10-6-11(12(7-14(10)27)26-31(29,30)17(18,19)20)24-25-16-23-13(8-21)15(9-22)28(16)2/h6-7,22H,3-5H2,1-2H3/b24-11+,25-16+,26-12-. The van der Waals surface area contributed by atoms with Crippen molar-refractivity contribution in [3.8, 4) is 6.07 Å². The van der Waals surface area contributed by atoms with Gasteiger partial charge in [0.25, 0.3) is 5.96 Å². The Morgan fingerprint density at radius 2 is 1.94 bits per heavy atom. The highest BCUT2D eigenvalue weighted by Crippen LogP contribution is 2.30. The average Bonchev–Trinajstić information content (AvgIpc) is 3.00. The molecule has 162 valence electrons. The lowest BCUT2D eigenvalue weighted by Crippen LogP contribution is -2.31. The highest BCUT2D eigenvalue weighted by Gasteiger charge is 2.46. The largest absolute Gasteiger partial charge is 0.518 e. The van der Waals surface area contributed by atoms with Crippen molar-refractivity contribution in [2.45, 2.75) is 18.3 Å². The van der Waals surface area contributed by atoms with E-state index < -0.39 is 21.2 Å². The van der Waals surface area contributed by atoms with Crippen molar-refractivity contribution in [3.63, 3.8) is 0 Å². The van der Waals surface area contributed by atoms with Crippen LogP contribution in [0.3, 0.4) is 0 Å². The molecule has 0 radical (unpaired) electrons. The molecule has 0 spiro atoms. The number of nitrogens with zero attached hydrogens (tertiary/aromatic N) is 7. The van der Waals surface area contributed by atoms with Crippen LogP contribution in [0.2, 0.25) is 0 Å². The van der Waals surface area contributed by atoms with Gasteiger partial charge in [-0.25, -0.2) is 0 Å². The van der Waals surface area contributed by atoms with Crippen LogP contribution in [-0.4, -0.2) is 73.3 Å². The summed E-state index contributed by atoms with van der Waals surface area (Å²) in [5, 5.41) is 24.0. The molecule has 0 atom stereocenters. The summed E-state index contributed by atoms with van der Waals surface area (Å²) in [6.07, 6.45) is 4.06. The van der Waals surface area contributed by atoms with E-state index in [1.54, 1.807) is 18.0 Å². The van der Waals surface area contributed by atoms with Crippen LogP contribution in [0.1, 0.15) is 12.8 Å². The Hall–Kier alpha value is -3.56. The minimum absolute atomic E-state index is 0.0353. The summed E-state index contributed by atoms with van der Waals surface area (Å²) in [5.74, 6) is 1.92. The highest BCUT2D eigenvalue weighted by molar-refractivity contribution is 7.91. The first kappa shape index (κ1) is 22.1. The fourth-order valence-corrected chi connectivity index (χ4v) is 3.53. The third kappa shape index (κ3) is 4.18. The molecule has 1 N–H and O–H groups in total. The van der Waals surface area contributed by atoms with Gasteiger partial charge in [-0.05, 0) is 30.6 Å². The molecule has 2 aliphatic heterocycles. The van der Waals surface area contributed by atoms with E-state index in [4.69, 9.17) is 10.7 Å². The highest BCUT2D eigenvalue weighted by atomic mass is 32.2. The average molecular weight is 452 g/mol. The molecule has 0 aromatic rings. The molecule has 31 heavy (non-hydrogen) atoms. The summed E-state index contributed by atoms with van der Waals surface area (Å²) in [6, 6.07) is 1.77. The number of nitrogens with one attached hydrogen (secondary N) is 1. The lowest BCUT2D eigenvalue weighted by molar-refractivity contribution is -0.0435. The van der Waals surface area contributed by atoms with Gasteiger partial charge in [0.05, 0.1) is 0 Å². The molecule has 0 unspecified atom stereocenters. The first-order valence-electron chi connectivity index (χ1n) is 8.72. The summed E-state index contributed by atoms with van der Waals surface area (Å²) in [5.41, 5.74) is -5.11. The molecular formula is C17H15F3N8O2S. The molecule has 14 heteroatoms. The second-order valence-corrected chi connectivity index (χ2v) is 8.21. The molecule has 2 heterocycles. The number of rotatable bonds is 2. The van der Waals surface area contributed by atoms with E-state index in [1.807, 2.05) is 5.87 Å². The first-order chi connectivity index (χ1) is 14.5. The van der Waals surface area contributed by atoms with Crippen LogP contribution in [-0.2, 0) is 10.0 Å². The maximum atomic E-state index is 12.9. The molecule has 1 aliphatic carbocycles. The Bertz CT molecular complexity index is 1210. The number of guanidine groups is 1. The monoisotopic (exact) mass is 452 g/mol. The van der Waals surface area contributed by atoms with Gasteiger partial charge < -0.3 is 9.80 Å². The molecule has 0 amide bonds. The smallest absolute Gasteiger partial charge is 0.374 e. The van der Waals surface area contributed by atoms with Crippen LogP contribution in [0.15, 0.2) is 48.7 Å². The van der Waals surface area contributed by atoms with Crippen molar-refractivity contribution >= 4 is 39.0 Å². The van der Waals surface area contributed by atoms with E-state index >= 15 is 0 Å². The van der Waals surface area contributed by atoms with Crippen LogP contribution in [0.25, 0.3) is 0 Å². The number of piperidine rings is 1. The third-order valence-corrected chi connectivity index (χ3v) is 5.60. The molecule has 3 rings (SSSR count). The van der Waals surface area contributed by atoms with E-state index in [0.29, 0.717) is 18.7 Å². The minimum Gasteiger partial charge on any atom is -0.374 e. The van der Waals surface area contributed by atoms with Crippen LogP contribution in [0.4, 0.5) is 13.2 Å². The quantitative estimate of drug-likeness (QED) is 0.385. The maximum absolute atomic E-state index is 12.9. The lowest BCUT2D eigenvalue weighted by atomic mass is 9.93. The summed E-state index contributed by atoms with van der Waals surface area (Å²) in [4.78, 5) is 6.90. The van der Waals surface area contributed by atoms with Gasteiger partial charge >= 0.3 is 15.5 Å². The number of likely N-dealkylation sites (tertiary alicyclic amines) is 1. The van der Waals surface area contributed by atoms with E-state index in [2.05, 4.69) is 19.6 Å². The maximum Gasteiger partial charge on any atom is 0.518 e. The van der Waals surface area contributed by atoms with Gasteiger partial charge in [-0.2, -0.15) is 36.2 Å². The Morgan fingerprint density at radius 3 is 2.52 bits per heavy atom. The summed E-state index contributed by atoms with van der Waals surface area (Å²) in [6.45, 7) is 0.645. The van der Waals surface area contributed by atoms with Gasteiger partial charge in [0, 0.05) is 32.2 Å². The van der Waals surface area contributed by atoms with Crippen LogP contribution in [0.5, 0.6) is 0 Å². The molecule has 10 nitrogen and oxygen atoms in total. The third-order valence-electron chi connectivity index (χ3n) is 4.58.